The molecule has 1 aromatic heterocycles. The highest BCUT2D eigenvalue weighted by Crippen LogP contribution is 2.16. The summed E-state index contributed by atoms with van der Waals surface area (Å²) in [6, 6.07) is 9.79. The van der Waals surface area contributed by atoms with Gasteiger partial charge in [0.15, 0.2) is 5.69 Å². The van der Waals surface area contributed by atoms with Crippen molar-refractivity contribution in [3.8, 4) is 0 Å². The number of rotatable bonds is 6. The Morgan fingerprint density at radius 1 is 1.32 bits per heavy atom. The average Bonchev–Trinajstić information content (AvgIpc) is 2.89. The number of aromatic carboxylic acids is 1. The zero-order valence-electron chi connectivity index (χ0n) is 10.2. The van der Waals surface area contributed by atoms with Crippen molar-refractivity contribution >= 4 is 12.0 Å². The summed E-state index contributed by atoms with van der Waals surface area (Å²) < 4.78 is 5.14. The Hall–Kier alpha value is -2.34. The molecule has 0 unspecified atom stereocenters. The van der Waals surface area contributed by atoms with E-state index in [1.54, 1.807) is 4.90 Å². The molecule has 19 heavy (non-hydrogen) atoms. The van der Waals surface area contributed by atoms with Crippen LogP contribution in [0.3, 0.4) is 0 Å². The van der Waals surface area contributed by atoms with Gasteiger partial charge in [-0.2, -0.15) is 4.98 Å². The predicted molar refractivity (Wildman–Crippen MR) is 68.0 cm³/mol. The van der Waals surface area contributed by atoms with Crippen LogP contribution in [-0.4, -0.2) is 34.3 Å². The SMILES string of the molecule is O=C(O)c1coc(N(CCO)Cc2ccccc2)n1. The number of nitrogens with zero attached hydrogens (tertiary/aromatic N) is 2. The summed E-state index contributed by atoms with van der Waals surface area (Å²) in [5, 5.41) is 17.9. The number of aliphatic hydroxyl groups excluding tert-OH is 1. The second kappa shape index (κ2) is 6.01. The molecule has 0 aliphatic heterocycles. The van der Waals surface area contributed by atoms with Crippen molar-refractivity contribution in [3.63, 3.8) is 0 Å². The van der Waals surface area contributed by atoms with Gasteiger partial charge >= 0.3 is 5.97 Å². The molecule has 0 aliphatic rings. The summed E-state index contributed by atoms with van der Waals surface area (Å²) >= 11 is 0. The smallest absolute Gasteiger partial charge is 0.357 e. The minimum atomic E-state index is -1.14. The van der Waals surface area contributed by atoms with Crippen LogP contribution in [0.25, 0.3) is 0 Å². The fourth-order valence-corrected chi connectivity index (χ4v) is 1.67. The number of carbonyl (C=O) groups is 1. The van der Waals surface area contributed by atoms with Gasteiger partial charge in [0.05, 0.1) is 6.61 Å². The number of hydrogen-bond donors (Lipinski definition) is 2. The van der Waals surface area contributed by atoms with Crippen LogP contribution in [0.5, 0.6) is 0 Å². The Morgan fingerprint density at radius 2 is 2.05 bits per heavy atom. The molecule has 1 aromatic carbocycles. The molecule has 2 aromatic rings. The summed E-state index contributed by atoms with van der Waals surface area (Å²) in [6.07, 6.45) is 1.09. The summed E-state index contributed by atoms with van der Waals surface area (Å²) in [5.74, 6) is -1.14. The summed E-state index contributed by atoms with van der Waals surface area (Å²) in [7, 11) is 0. The van der Waals surface area contributed by atoms with E-state index in [0.29, 0.717) is 13.1 Å². The predicted octanol–water partition coefficient (Wildman–Crippen LogP) is 1.37. The van der Waals surface area contributed by atoms with Gasteiger partial charge in [-0.25, -0.2) is 4.79 Å². The van der Waals surface area contributed by atoms with E-state index in [0.717, 1.165) is 11.8 Å². The molecular weight excluding hydrogens is 248 g/mol. The highest BCUT2D eigenvalue weighted by molar-refractivity contribution is 5.85. The van der Waals surface area contributed by atoms with Crippen molar-refractivity contribution in [3.05, 3.63) is 47.9 Å². The molecule has 2 N–H and O–H groups in total. The maximum absolute atomic E-state index is 10.8. The number of carboxylic acids is 1. The van der Waals surface area contributed by atoms with Crippen molar-refractivity contribution in [1.82, 2.24) is 4.98 Å². The number of oxazole rings is 1. The van der Waals surface area contributed by atoms with E-state index >= 15 is 0 Å². The summed E-state index contributed by atoms with van der Waals surface area (Å²) in [5.41, 5.74) is 0.872. The molecular formula is C13H14N2O4. The van der Waals surface area contributed by atoms with Gasteiger partial charge in [0.25, 0.3) is 6.01 Å². The van der Waals surface area contributed by atoms with E-state index in [1.807, 2.05) is 30.3 Å². The normalized spacial score (nSPS) is 10.4. The standard InChI is InChI=1S/C13H14N2O4/c16-7-6-15(8-10-4-2-1-3-5-10)13-14-11(9-19-13)12(17)18/h1-5,9,16H,6-8H2,(H,17,18). The zero-order valence-corrected chi connectivity index (χ0v) is 10.2. The first-order valence-electron chi connectivity index (χ1n) is 5.79. The lowest BCUT2D eigenvalue weighted by Gasteiger charge is -2.19. The van der Waals surface area contributed by atoms with E-state index < -0.39 is 5.97 Å². The first-order valence-corrected chi connectivity index (χ1v) is 5.79. The number of carboxylic acid groups (broad SMARTS) is 1. The second-order valence-corrected chi connectivity index (χ2v) is 3.95. The zero-order chi connectivity index (χ0) is 13.7. The van der Waals surface area contributed by atoms with Gasteiger partial charge in [0, 0.05) is 13.1 Å². The quantitative estimate of drug-likeness (QED) is 0.817. The van der Waals surface area contributed by atoms with E-state index in [9.17, 15) is 4.79 Å². The molecule has 0 radical (unpaired) electrons. The maximum atomic E-state index is 10.8. The van der Waals surface area contributed by atoms with Crippen molar-refractivity contribution in [2.45, 2.75) is 6.54 Å². The van der Waals surface area contributed by atoms with Crippen molar-refractivity contribution in [1.29, 1.82) is 0 Å². The minimum absolute atomic E-state index is 0.0718. The average molecular weight is 262 g/mol. The third kappa shape index (κ3) is 3.32. The third-order valence-electron chi connectivity index (χ3n) is 2.57. The van der Waals surface area contributed by atoms with Gasteiger partial charge in [-0.1, -0.05) is 30.3 Å². The van der Waals surface area contributed by atoms with Crippen LogP contribution in [0.4, 0.5) is 6.01 Å². The highest BCUT2D eigenvalue weighted by Gasteiger charge is 2.16. The first kappa shape index (κ1) is 13.1. The summed E-state index contributed by atoms with van der Waals surface area (Å²) in [6.45, 7) is 0.729. The lowest BCUT2D eigenvalue weighted by Crippen LogP contribution is -2.26. The van der Waals surface area contributed by atoms with Gasteiger partial charge in [-0.3, -0.25) is 0 Å². The van der Waals surface area contributed by atoms with Crippen LogP contribution in [0.2, 0.25) is 0 Å². The molecule has 0 fully saturated rings. The lowest BCUT2D eigenvalue weighted by atomic mass is 10.2. The van der Waals surface area contributed by atoms with Crippen LogP contribution in [-0.2, 0) is 6.54 Å². The van der Waals surface area contributed by atoms with Crippen LogP contribution in [0.15, 0.2) is 41.0 Å². The lowest BCUT2D eigenvalue weighted by molar-refractivity contribution is 0.0690. The highest BCUT2D eigenvalue weighted by atomic mass is 16.4. The van der Waals surface area contributed by atoms with Gasteiger partial charge in [-0.15, -0.1) is 0 Å². The molecule has 0 bridgehead atoms. The molecule has 0 aliphatic carbocycles. The Balaban J connectivity index is 2.17. The fraction of sp³-hybridized carbons (Fsp3) is 0.231. The number of benzene rings is 1. The largest absolute Gasteiger partial charge is 0.476 e. The van der Waals surface area contributed by atoms with Crippen molar-refractivity contribution in [2.75, 3.05) is 18.1 Å². The van der Waals surface area contributed by atoms with E-state index in [4.69, 9.17) is 14.6 Å². The molecule has 0 atom stereocenters. The van der Waals surface area contributed by atoms with Crippen LogP contribution in [0.1, 0.15) is 16.1 Å². The van der Waals surface area contributed by atoms with Gasteiger partial charge in [-0.05, 0) is 5.56 Å². The molecule has 1 heterocycles. The number of anilines is 1. The van der Waals surface area contributed by atoms with Gasteiger partial charge in [0.2, 0.25) is 0 Å². The number of aromatic nitrogens is 1. The van der Waals surface area contributed by atoms with Crippen LogP contribution < -0.4 is 4.90 Å². The molecule has 100 valence electrons. The monoisotopic (exact) mass is 262 g/mol. The molecule has 6 nitrogen and oxygen atoms in total. The van der Waals surface area contributed by atoms with Gasteiger partial charge in [0.1, 0.15) is 6.26 Å². The molecule has 0 saturated heterocycles. The van der Waals surface area contributed by atoms with Crippen molar-refractivity contribution in [2.24, 2.45) is 0 Å². The number of hydrogen-bond acceptors (Lipinski definition) is 5. The van der Waals surface area contributed by atoms with Crippen molar-refractivity contribution < 1.29 is 19.4 Å². The second-order valence-electron chi connectivity index (χ2n) is 3.95. The third-order valence-corrected chi connectivity index (χ3v) is 2.57. The summed E-state index contributed by atoms with van der Waals surface area (Å²) in [4.78, 5) is 16.3. The maximum Gasteiger partial charge on any atom is 0.357 e. The van der Waals surface area contributed by atoms with E-state index in [-0.39, 0.29) is 18.3 Å². The molecule has 2 rings (SSSR count). The first-order chi connectivity index (χ1) is 9.20. The van der Waals surface area contributed by atoms with Crippen LogP contribution >= 0.6 is 0 Å². The Labute approximate surface area is 109 Å². The Kier molecular flexibility index (Phi) is 4.15. The fourth-order valence-electron chi connectivity index (χ4n) is 1.67. The van der Waals surface area contributed by atoms with E-state index in [2.05, 4.69) is 4.98 Å². The number of aliphatic hydroxyl groups is 1. The molecule has 0 amide bonds. The molecule has 0 saturated carbocycles. The van der Waals surface area contributed by atoms with E-state index in [1.165, 1.54) is 0 Å². The molecule has 0 spiro atoms. The van der Waals surface area contributed by atoms with Gasteiger partial charge < -0.3 is 19.5 Å². The minimum Gasteiger partial charge on any atom is -0.476 e. The van der Waals surface area contributed by atoms with Crippen LogP contribution in [0, 0.1) is 0 Å². The molecule has 6 heteroatoms. The topological polar surface area (TPSA) is 86.8 Å². The Morgan fingerprint density at radius 3 is 2.63 bits per heavy atom. The Bertz CT molecular complexity index is 539.